The van der Waals surface area contributed by atoms with Crippen LogP contribution in [0.5, 0.6) is 5.75 Å². The maximum Gasteiger partial charge on any atom is 0.335 e. The van der Waals surface area contributed by atoms with Crippen molar-refractivity contribution < 1.29 is 19.4 Å². The van der Waals surface area contributed by atoms with E-state index in [1.807, 2.05) is 31.2 Å². The first-order chi connectivity index (χ1) is 10.5. The molecule has 0 fully saturated rings. The van der Waals surface area contributed by atoms with Crippen molar-refractivity contribution in [3.05, 3.63) is 59.2 Å². The minimum atomic E-state index is -0.980. The van der Waals surface area contributed by atoms with Gasteiger partial charge in [0.2, 0.25) is 0 Å². The highest BCUT2D eigenvalue weighted by Gasteiger charge is 2.25. The minimum absolute atomic E-state index is 0.00528. The molecule has 1 N–H and O–H groups in total. The fourth-order valence-electron chi connectivity index (χ4n) is 2.47. The molecule has 1 aliphatic rings. The standard InChI is InChI=1S/C17H15NO4/c1-11-5-6-15-14(7-11)18(16(19)10-22-15)9-12-3-2-4-13(8-12)17(20)21/h2-8H,9-10H2,1H3,(H,20,21). The molecule has 112 valence electrons. The van der Waals surface area contributed by atoms with E-state index in [0.29, 0.717) is 12.3 Å². The lowest BCUT2D eigenvalue weighted by molar-refractivity contribution is -0.121. The van der Waals surface area contributed by atoms with E-state index >= 15 is 0 Å². The third-order valence-corrected chi connectivity index (χ3v) is 3.57. The van der Waals surface area contributed by atoms with Crippen LogP contribution in [0.1, 0.15) is 21.5 Å². The number of carbonyl (C=O) groups excluding carboxylic acids is 1. The normalized spacial score (nSPS) is 13.5. The van der Waals surface area contributed by atoms with Crippen molar-refractivity contribution in [1.29, 1.82) is 0 Å². The summed E-state index contributed by atoms with van der Waals surface area (Å²) in [7, 11) is 0. The summed E-state index contributed by atoms with van der Waals surface area (Å²) in [5.41, 5.74) is 2.73. The molecule has 0 aliphatic carbocycles. The molecule has 2 aromatic rings. The van der Waals surface area contributed by atoms with Gasteiger partial charge in [-0.2, -0.15) is 0 Å². The molecule has 5 nitrogen and oxygen atoms in total. The average molecular weight is 297 g/mol. The van der Waals surface area contributed by atoms with Gasteiger partial charge in [-0.25, -0.2) is 4.79 Å². The first-order valence-electron chi connectivity index (χ1n) is 6.90. The van der Waals surface area contributed by atoms with Gasteiger partial charge in [0.15, 0.2) is 6.61 Å². The number of carboxylic acid groups (broad SMARTS) is 1. The topological polar surface area (TPSA) is 66.8 Å². The van der Waals surface area contributed by atoms with Crippen LogP contribution in [0.2, 0.25) is 0 Å². The van der Waals surface area contributed by atoms with E-state index in [1.54, 1.807) is 17.0 Å². The molecule has 1 amide bonds. The van der Waals surface area contributed by atoms with Gasteiger partial charge in [-0.15, -0.1) is 0 Å². The fraction of sp³-hybridized carbons (Fsp3) is 0.176. The van der Waals surface area contributed by atoms with E-state index in [4.69, 9.17) is 9.84 Å². The van der Waals surface area contributed by atoms with Crippen molar-refractivity contribution in [2.75, 3.05) is 11.5 Å². The van der Waals surface area contributed by atoms with Crippen LogP contribution in [0.3, 0.4) is 0 Å². The van der Waals surface area contributed by atoms with Gasteiger partial charge < -0.3 is 14.7 Å². The second kappa shape index (κ2) is 5.52. The Bertz CT molecular complexity index is 754. The molecular weight excluding hydrogens is 282 g/mol. The fourth-order valence-corrected chi connectivity index (χ4v) is 2.47. The number of anilines is 1. The molecule has 5 heteroatoms. The number of carboxylic acids is 1. The zero-order valence-electron chi connectivity index (χ0n) is 12.1. The summed E-state index contributed by atoms with van der Waals surface area (Å²) < 4.78 is 5.44. The lowest BCUT2D eigenvalue weighted by Crippen LogP contribution is -2.38. The van der Waals surface area contributed by atoms with Crippen molar-refractivity contribution >= 4 is 17.6 Å². The van der Waals surface area contributed by atoms with E-state index in [1.165, 1.54) is 6.07 Å². The molecule has 22 heavy (non-hydrogen) atoms. The third kappa shape index (κ3) is 2.65. The van der Waals surface area contributed by atoms with E-state index in [2.05, 4.69) is 0 Å². The van der Waals surface area contributed by atoms with Crippen LogP contribution >= 0.6 is 0 Å². The number of rotatable bonds is 3. The number of carbonyl (C=O) groups is 2. The zero-order valence-corrected chi connectivity index (χ0v) is 12.1. The minimum Gasteiger partial charge on any atom is -0.482 e. The number of aryl methyl sites for hydroxylation is 1. The van der Waals surface area contributed by atoms with Crippen molar-refractivity contribution in [3.8, 4) is 5.75 Å². The number of aromatic carboxylic acids is 1. The molecule has 1 aliphatic heterocycles. The SMILES string of the molecule is Cc1ccc2c(c1)N(Cc1cccc(C(=O)O)c1)C(=O)CO2. The third-order valence-electron chi connectivity index (χ3n) is 3.57. The molecule has 3 rings (SSSR count). The molecule has 0 saturated carbocycles. The smallest absolute Gasteiger partial charge is 0.335 e. The van der Waals surface area contributed by atoms with Crippen LogP contribution in [-0.4, -0.2) is 23.6 Å². The number of benzene rings is 2. The highest BCUT2D eigenvalue weighted by molar-refractivity contribution is 5.98. The van der Waals surface area contributed by atoms with Crippen molar-refractivity contribution in [2.45, 2.75) is 13.5 Å². The Kier molecular flexibility index (Phi) is 3.55. The summed E-state index contributed by atoms with van der Waals surface area (Å²) in [6.07, 6.45) is 0. The summed E-state index contributed by atoms with van der Waals surface area (Å²) in [6.45, 7) is 2.26. The summed E-state index contributed by atoms with van der Waals surface area (Å²) in [5.74, 6) is -0.454. The molecule has 0 unspecified atom stereocenters. The Labute approximate surface area is 127 Å². The van der Waals surface area contributed by atoms with Gasteiger partial charge in [-0.3, -0.25) is 4.79 Å². The monoisotopic (exact) mass is 297 g/mol. The van der Waals surface area contributed by atoms with E-state index in [0.717, 1.165) is 16.8 Å². The molecule has 0 atom stereocenters. The summed E-state index contributed by atoms with van der Waals surface area (Å²) in [4.78, 5) is 24.9. The molecular formula is C17H15NO4. The lowest BCUT2D eigenvalue weighted by atomic mass is 10.1. The number of hydrogen-bond donors (Lipinski definition) is 1. The summed E-state index contributed by atoms with van der Waals surface area (Å²) in [5, 5.41) is 9.06. The molecule has 2 aromatic carbocycles. The average Bonchev–Trinajstić information content (AvgIpc) is 2.50. The van der Waals surface area contributed by atoms with E-state index in [-0.39, 0.29) is 18.1 Å². The van der Waals surface area contributed by atoms with Crippen LogP contribution in [0.25, 0.3) is 0 Å². The molecule has 0 spiro atoms. The van der Waals surface area contributed by atoms with Gasteiger partial charge in [0.1, 0.15) is 5.75 Å². The number of amides is 1. The maximum atomic E-state index is 12.2. The van der Waals surface area contributed by atoms with Crippen LogP contribution in [0, 0.1) is 6.92 Å². The number of fused-ring (bicyclic) bond motifs is 1. The number of hydrogen-bond acceptors (Lipinski definition) is 3. The van der Waals surface area contributed by atoms with Crippen LogP contribution in [0.15, 0.2) is 42.5 Å². The second-order valence-corrected chi connectivity index (χ2v) is 5.25. The number of nitrogens with zero attached hydrogens (tertiary/aromatic N) is 1. The lowest BCUT2D eigenvalue weighted by Gasteiger charge is -2.29. The second-order valence-electron chi connectivity index (χ2n) is 5.25. The van der Waals surface area contributed by atoms with Gasteiger partial charge >= 0.3 is 5.97 Å². The molecule has 0 aromatic heterocycles. The Morgan fingerprint density at radius 1 is 1.27 bits per heavy atom. The Balaban J connectivity index is 1.95. The van der Waals surface area contributed by atoms with Crippen molar-refractivity contribution in [1.82, 2.24) is 0 Å². The van der Waals surface area contributed by atoms with Crippen molar-refractivity contribution in [3.63, 3.8) is 0 Å². The Morgan fingerprint density at radius 3 is 2.86 bits per heavy atom. The van der Waals surface area contributed by atoms with Gasteiger partial charge in [0.25, 0.3) is 5.91 Å². The van der Waals surface area contributed by atoms with Crippen LogP contribution in [-0.2, 0) is 11.3 Å². The molecule has 0 radical (unpaired) electrons. The van der Waals surface area contributed by atoms with Crippen LogP contribution in [0.4, 0.5) is 5.69 Å². The molecule has 0 bridgehead atoms. The Hall–Kier alpha value is -2.82. The first-order valence-corrected chi connectivity index (χ1v) is 6.90. The highest BCUT2D eigenvalue weighted by Crippen LogP contribution is 2.33. The van der Waals surface area contributed by atoms with Gasteiger partial charge in [0.05, 0.1) is 17.8 Å². The maximum absolute atomic E-state index is 12.2. The van der Waals surface area contributed by atoms with Crippen molar-refractivity contribution in [2.24, 2.45) is 0 Å². The molecule has 0 saturated heterocycles. The predicted molar refractivity (Wildman–Crippen MR) is 81.3 cm³/mol. The Morgan fingerprint density at radius 2 is 2.09 bits per heavy atom. The van der Waals surface area contributed by atoms with Gasteiger partial charge in [-0.05, 0) is 42.3 Å². The quantitative estimate of drug-likeness (QED) is 0.945. The van der Waals surface area contributed by atoms with Crippen LogP contribution < -0.4 is 9.64 Å². The summed E-state index contributed by atoms with van der Waals surface area (Å²) >= 11 is 0. The highest BCUT2D eigenvalue weighted by atomic mass is 16.5. The summed E-state index contributed by atoms with van der Waals surface area (Å²) in [6, 6.07) is 12.3. The van der Waals surface area contributed by atoms with Gasteiger partial charge in [-0.1, -0.05) is 18.2 Å². The van der Waals surface area contributed by atoms with Gasteiger partial charge in [0, 0.05) is 0 Å². The number of ether oxygens (including phenoxy) is 1. The van der Waals surface area contributed by atoms with E-state index < -0.39 is 5.97 Å². The molecule has 1 heterocycles. The zero-order chi connectivity index (χ0) is 15.7. The predicted octanol–water partition coefficient (Wildman–Crippen LogP) is 2.62. The largest absolute Gasteiger partial charge is 0.482 e. The van der Waals surface area contributed by atoms with E-state index in [9.17, 15) is 9.59 Å². The first kappa shape index (κ1) is 14.1.